The maximum absolute atomic E-state index is 14.1. The molecule has 0 unspecified atom stereocenters. The normalized spacial score (nSPS) is 11.9. The lowest BCUT2D eigenvalue weighted by Crippen LogP contribution is -2.23. The van der Waals surface area contributed by atoms with E-state index in [0.29, 0.717) is 6.07 Å². The second-order valence-corrected chi connectivity index (χ2v) is 9.27. The summed E-state index contributed by atoms with van der Waals surface area (Å²) in [6.45, 7) is -0.404. The van der Waals surface area contributed by atoms with E-state index in [0.717, 1.165) is 18.2 Å². The molecule has 7 nitrogen and oxygen atoms in total. The highest BCUT2D eigenvalue weighted by Crippen LogP contribution is 2.38. The van der Waals surface area contributed by atoms with Crippen molar-refractivity contribution in [1.82, 2.24) is 4.57 Å². The summed E-state index contributed by atoms with van der Waals surface area (Å²) in [5, 5.41) is 0. The van der Waals surface area contributed by atoms with Crippen LogP contribution in [0.1, 0.15) is 6.92 Å². The minimum absolute atomic E-state index is 0.0805. The number of alkyl halides is 3. The summed E-state index contributed by atoms with van der Waals surface area (Å²) in [6, 6.07) is 7.22. The van der Waals surface area contributed by atoms with Gasteiger partial charge >= 0.3 is 6.18 Å². The molecular weight excluding hydrogens is 499 g/mol. The molecule has 0 amide bonds. The maximum atomic E-state index is 14.1. The van der Waals surface area contributed by atoms with Gasteiger partial charge in [-0.15, -0.1) is 0 Å². The molecule has 3 aromatic rings. The Bertz CT molecular complexity index is 1400. The van der Waals surface area contributed by atoms with Crippen LogP contribution in [0.25, 0.3) is 11.3 Å². The first kappa shape index (κ1) is 26.0. The van der Waals surface area contributed by atoms with Crippen LogP contribution < -0.4 is 19.6 Å². The topological polar surface area (TPSA) is 86.6 Å². The van der Waals surface area contributed by atoms with Crippen molar-refractivity contribution in [3.63, 3.8) is 0 Å². The summed E-state index contributed by atoms with van der Waals surface area (Å²) in [5.41, 5.74) is -1.26. The van der Waals surface area contributed by atoms with Crippen LogP contribution >= 0.6 is 0 Å². The quantitative estimate of drug-likeness (QED) is 0.432. The maximum Gasteiger partial charge on any atom is 0.422 e. The van der Waals surface area contributed by atoms with Gasteiger partial charge in [-0.05, 0) is 37.3 Å². The highest BCUT2D eigenvalue weighted by Gasteiger charge is 2.30. The Hall–Kier alpha value is -3.61. The average Bonchev–Trinajstić information content (AvgIpc) is 2.76. The minimum Gasteiger partial charge on any atom is -0.478 e. The van der Waals surface area contributed by atoms with Crippen LogP contribution in [0, 0.1) is 11.6 Å². The van der Waals surface area contributed by atoms with E-state index in [4.69, 9.17) is 9.47 Å². The first-order chi connectivity index (χ1) is 16.3. The van der Waals surface area contributed by atoms with E-state index in [1.54, 1.807) is 0 Å². The van der Waals surface area contributed by atoms with E-state index in [-0.39, 0.29) is 34.2 Å². The highest BCUT2D eigenvalue weighted by atomic mass is 32.2. The summed E-state index contributed by atoms with van der Waals surface area (Å²) in [4.78, 5) is 12.4. The number of rotatable bonds is 8. The zero-order chi connectivity index (χ0) is 26.0. The van der Waals surface area contributed by atoms with E-state index in [9.17, 15) is 35.2 Å². The lowest BCUT2D eigenvalue weighted by atomic mass is 10.1. The third-order valence-corrected chi connectivity index (χ3v) is 5.93. The summed E-state index contributed by atoms with van der Waals surface area (Å²) in [5.74, 6) is -3.32. The lowest BCUT2D eigenvalue weighted by molar-refractivity contribution is -0.153. The largest absolute Gasteiger partial charge is 0.478 e. The average molecular weight is 518 g/mol. The molecule has 1 N–H and O–H groups in total. The molecular formula is C22H19F5N2O5S. The van der Waals surface area contributed by atoms with Gasteiger partial charge in [0.15, 0.2) is 23.9 Å². The number of halogens is 5. The number of aromatic nitrogens is 1. The van der Waals surface area contributed by atoms with Gasteiger partial charge in [-0.2, -0.15) is 13.2 Å². The second kappa shape index (κ2) is 9.94. The molecule has 0 fully saturated rings. The Morgan fingerprint density at radius 3 is 2.40 bits per heavy atom. The van der Waals surface area contributed by atoms with E-state index in [2.05, 4.69) is 4.72 Å². The van der Waals surface area contributed by atoms with Crippen molar-refractivity contribution in [1.29, 1.82) is 0 Å². The predicted octanol–water partition coefficient (Wildman–Crippen LogP) is 4.83. The Labute approximate surface area is 196 Å². The number of hydrogen-bond donors (Lipinski definition) is 1. The third kappa shape index (κ3) is 6.50. The van der Waals surface area contributed by atoms with E-state index in [1.165, 1.54) is 42.9 Å². The molecule has 0 saturated carbocycles. The number of aryl methyl sites for hydroxylation is 1. The molecule has 3 rings (SSSR count). The van der Waals surface area contributed by atoms with Gasteiger partial charge < -0.3 is 14.0 Å². The number of benzene rings is 2. The second-order valence-electron chi connectivity index (χ2n) is 7.26. The van der Waals surface area contributed by atoms with Crippen molar-refractivity contribution in [2.45, 2.75) is 13.1 Å². The number of ether oxygens (including phenoxy) is 2. The number of hydrogen-bond acceptors (Lipinski definition) is 5. The van der Waals surface area contributed by atoms with Crippen LogP contribution in [0.2, 0.25) is 0 Å². The fourth-order valence-corrected chi connectivity index (χ4v) is 3.67. The van der Waals surface area contributed by atoms with E-state index >= 15 is 0 Å². The highest BCUT2D eigenvalue weighted by molar-refractivity contribution is 7.92. The number of sulfonamides is 1. The molecule has 2 aromatic carbocycles. The third-order valence-electron chi connectivity index (χ3n) is 4.63. The van der Waals surface area contributed by atoms with Gasteiger partial charge in [-0.3, -0.25) is 9.52 Å². The van der Waals surface area contributed by atoms with Gasteiger partial charge in [0.2, 0.25) is 15.5 Å². The van der Waals surface area contributed by atoms with Crippen molar-refractivity contribution in [3.05, 3.63) is 70.5 Å². The molecule has 0 radical (unpaired) electrons. The van der Waals surface area contributed by atoms with Gasteiger partial charge in [0, 0.05) is 30.9 Å². The molecule has 0 aliphatic heterocycles. The van der Waals surface area contributed by atoms with Crippen LogP contribution in [0.3, 0.4) is 0 Å². The zero-order valence-corrected chi connectivity index (χ0v) is 19.1. The van der Waals surface area contributed by atoms with Crippen molar-refractivity contribution in [2.75, 3.05) is 17.1 Å². The van der Waals surface area contributed by atoms with Crippen LogP contribution in [-0.2, 0) is 17.1 Å². The minimum atomic E-state index is -4.75. The smallest absolute Gasteiger partial charge is 0.422 e. The van der Waals surface area contributed by atoms with E-state index in [1.807, 2.05) is 0 Å². The van der Waals surface area contributed by atoms with Crippen LogP contribution in [-0.4, -0.2) is 31.5 Å². The van der Waals surface area contributed by atoms with Crippen LogP contribution in [0.4, 0.5) is 27.6 Å². The first-order valence-electron chi connectivity index (χ1n) is 9.96. The molecule has 1 aromatic heterocycles. The molecule has 0 spiro atoms. The standard InChI is InChI=1S/C22H19F5N2O5S/c1-3-35(31,32)28-17-6-5-14(34-19-7-4-13(23)10-16(19)24)11-15(17)20-21(33-12-22(25,26)27)18(30)8-9-29(20)2/h4-11,28H,3,12H2,1-2H3. The molecule has 0 saturated heterocycles. The molecule has 0 aliphatic carbocycles. The van der Waals surface area contributed by atoms with Crippen molar-refractivity contribution in [2.24, 2.45) is 7.05 Å². The molecule has 35 heavy (non-hydrogen) atoms. The Balaban J connectivity index is 2.20. The molecule has 0 bridgehead atoms. The Morgan fingerprint density at radius 1 is 1.06 bits per heavy atom. The molecule has 13 heteroatoms. The summed E-state index contributed by atoms with van der Waals surface area (Å²) in [6.07, 6.45) is -3.50. The molecule has 0 aliphatic rings. The SMILES string of the molecule is CCS(=O)(=O)Nc1ccc(Oc2ccc(F)cc2F)cc1-c1c(OCC(F)(F)F)c(=O)ccn1C. The first-order valence-corrected chi connectivity index (χ1v) is 11.6. The fraction of sp³-hybridized carbons (Fsp3) is 0.227. The number of anilines is 1. The fourth-order valence-electron chi connectivity index (χ4n) is 3.01. The van der Waals surface area contributed by atoms with Gasteiger partial charge in [0.05, 0.1) is 17.1 Å². The van der Waals surface area contributed by atoms with Gasteiger partial charge in [-0.1, -0.05) is 0 Å². The molecule has 1 heterocycles. The lowest BCUT2D eigenvalue weighted by Gasteiger charge is -2.19. The van der Waals surface area contributed by atoms with Crippen molar-refractivity contribution < 1.29 is 39.8 Å². The van der Waals surface area contributed by atoms with Crippen molar-refractivity contribution >= 4 is 15.7 Å². The van der Waals surface area contributed by atoms with Crippen molar-refractivity contribution in [3.8, 4) is 28.5 Å². The van der Waals surface area contributed by atoms with Crippen LogP contribution in [0.15, 0.2) is 53.5 Å². The number of pyridine rings is 1. The number of nitrogens with one attached hydrogen (secondary N) is 1. The summed E-state index contributed by atoms with van der Waals surface area (Å²) in [7, 11) is -2.46. The Kier molecular flexibility index (Phi) is 7.38. The van der Waals surface area contributed by atoms with E-state index < -0.39 is 45.6 Å². The monoisotopic (exact) mass is 518 g/mol. The Morgan fingerprint density at radius 2 is 1.77 bits per heavy atom. The van der Waals surface area contributed by atoms with Crippen LogP contribution in [0.5, 0.6) is 17.2 Å². The van der Waals surface area contributed by atoms with Gasteiger partial charge in [0.1, 0.15) is 11.6 Å². The zero-order valence-electron chi connectivity index (χ0n) is 18.3. The number of nitrogens with zero attached hydrogens (tertiary/aromatic N) is 1. The summed E-state index contributed by atoms with van der Waals surface area (Å²) < 4.78 is 104. The van der Waals surface area contributed by atoms with Gasteiger partial charge in [0.25, 0.3) is 0 Å². The summed E-state index contributed by atoms with van der Waals surface area (Å²) >= 11 is 0. The van der Waals surface area contributed by atoms with Gasteiger partial charge in [-0.25, -0.2) is 17.2 Å². The predicted molar refractivity (Wildman–Crippen MR) is 118 cm³/mol. The molecule has 0 atom stereocenters. The molecule has 188 valence electrons.